The average Bonchev–Trinajstić information content (AvgIpc) is 3.24. The van der Waals surface area contributed by atoms with Crippen LogP contribution in [0.25, 0.3) is 0 Å². The summed E-state index contributed by atoms with van der Waals surface area (Å²) in [6.45, 7) is 3.28. The fourth-order valence-electron chi connectivity index (χ4n) is 5.52. The fourth-order valence-corrected chi connectivity index (χ4v) is 5.52. The summed E-state index contributed by atoms with van der Waals surface area (Å²) in [5.74, 6) is 0.350. The molecule has 2 saturated heterocycles. The molecule has 0 unspecified atom stereocenters. The van der Waals surface area contributed by atoms with Crippen molar-refractivity contribution in [3.63, 3.8) is 0 Å². The van der Waals surface area contributed by atoms with Crippen LogP contribution in [-0.4, -0.2) is 66.5 Å². The number of hydrogen-bond acceptors (Lipinski definition) is 5. The molecule has 0 bridgehead atoms. The summed E-state index contributed by atoms with van der Waals surface area (Å²) >= 11 is 0. The topological polar surface area (TPSA) is 82.2 Å². The number of rotatable bonds is 7. The van der Waals surface area contributed by atoms with Gasteiger partial charge in [-0.2, -0.15) is 0 Å². The van der Waals surface area contributed by atoms with Crippen molar-refractivity contribution < 1.29 is 19.1 Å². The molecule has 0 saturated carbocycles. The SMILES string of the molecule is CCc1ccc(C(=O)N2CCC3(CC2)C(=O)N(CC(=O)Nc2ccc(OC)cc2)CN3c2ccccc2)cc1. The van der Waals surface area contributed by atoms with Crippen LogP contribution in [0.5, 0.6) is 5.75 Å². The quantitative estimate of drug-likeness (QED) is 0.500. The van der Waals surface area contributed by atoms with Crippen molar-refractivity contribution in [2.24, 2.45) is 0 Å². The van der Waals surface area contributed by atoms with Gasteiger partial charge in [0.1, 0.15) is 17.8 Å². The molecule has 1 N–H and O–H groups in total. The number of nitrogens with one attached hydrogen (secondary N) is 1. The molecule has 2 aliphatic heterocycles. The number of methoxy groups -OCH3 is 1. The van der Waals surface area contributed by atoms with Crippen molar-refractivity contribution in [3.8, 4) is 5.75 Å². The van der Waals surface area contributed by atoms with Gasteiger partial charge in [0.05, 0.1) is 13.8 Å². The summed E-state index contributed by atoms with van der Waals surface area (Å²) in [5, 5.41) is 2.88. The number of amides is 3. The molecule has 39 heavy (non-hydrogen) atoms. The first-order valence-electron chi connectivity index (χ1n) is 13.4. The van der Waals surface area contributed by atoms with Crippen LogP contribution in [0.3, 0.4) is 0 Å². The summed E-state index contributed by atoms with van der Waals surface area (Å²) in [4.78, 5) is 45.6. The van der Waals surface area contributed by atoms with E-state index in [0.717, 1.165) is 12.1 Å². The lowest BCUT2D eigenvalue weighted by Gasteiger charge is -2.43. The van der Waals surface area contributed by atoms with E-state index >= 15 is 0 Å². The van der Waals surface area contributed by atoms with Crippen LogP contribution in [0.1, 0.15) is 35.7 Å². The van der Waals surface area contributed by atoms with Crippen LogP contribution in [0.15, 0.2) is 78.9 Å². The average molecular weight is 527 g/mol. The van der Waals surface area contributed by atoms with Gasteiger partial charge in [-0.15, -0.1) is 0 Å². The molecule has 3 aromatic rings. The molecule has 202 valence electrons. The van der Waals surface area contributed by atoms with Gasteiger partial charge in [-0.3, -0.25) is 14.4 Å². The second-order valence-electron chi connectivity index (χ2n) is 10.1. The Morgan fingerprint density at radius 3 is 2.21 bits per heavy atom. The van der Waals surface area contributed by atoms with E-state index < -0.39 is 5.54 Å². The van der Waals surface area contributed by atoms with Crippen molar-refractivity contribution >= 4 is 29.1 Å². The van der Waals surface area contributed by atoms with Gasteiger partial charge in [0, 0.05) is 30.0 Å². The van der Waals surface area contributed by atoms with Crippen molar-refractivity contribution in [2.75, 3.05) is 43.6 Å². The molecule has 8 heteroatoms. The van der Waals surface area contributed by atoms with Gasteiger partial charge in [-0.1, -0.05) is 37.3 Å². The molecule has 0 atom stereocenters. The van der Waals surface area contributed by atoms with Crippen LogP contribution in [0.4, 0.5) is 11.4 Å². The Kier molecular flexibility index (Phi) is 7.54. The van der Waals surface area contributed by atoms with E-state index in [1.54, 1.807) is 36.3 Å². The zero-order valence-electron chi connectivity index (χ0n) is 22.4. The molecule has 2 fully saturated rings. The number of carbonyl (C=O) groups excluding carboxylic acids is 3. The van der Waals surface area contributed by atoms with Gasteiger partial charge in [0.2, 0.25) is 5.91 Å². The minimum absolute atomic E-state index is 0.0139. The van der Waals surface area contributed by atoms with Gasteiger partial charge in [0.15, 0.2) is 0 Å². The molecular formula is C31H34N4O4. The maximum Gasteiger partial charge on any atom is 0.253 e. The molecule has 2 aliphatic rings. The summed E-state index contributed by atoms with van der Waals surface area (Å²) in [6, 6.07) is 24.6. The minimum Gasteiger partial charge on any atom is -0.497 e. The van der Waals surface area contributed by atoms with Crippen LogP contribution >= 0.6 is 0 Å². The number of aryl methyl sites for hydroxylation is 1. The zero-order chi connectivity index (χ0) is 27.4. The third-order valence-corrected chi connectivity index (χ3v) is 7.78. The number of benzene rings is 3. The predicted molar refractivity (Wildman–Crippen MR) is 151 cm³/mol. The van der Waals surface area contributed by atoms with E-state index in [4.69, 9.17) is 4.74 Å². The number of ether oxygens (including phenoxy) is 1. The Morgan fingerprint density at radius 2 is 1.59 bits per heavy atom. The number of para-hydroxylation sites is 1. The molecular weight excluding hydrogens is 492 g/mol. The number of piperidine rings is 1. The van der Waals surface area contributed by atoms with Gasteiger partial charge in [-0.05, 0) is 73.4 Å². The van der Waals surface area contributed by atoms with E-state index in [-0.39, 0.29) is 24.3 Å². The highest BCUT2D eigenvalue weighted by Crippen LogP contribution is 2.39. The molecule has 2 heterocycles. The maximum atomic E-state index is 13.9. The van der Waals surface area contributed by atoms with Gasteiger partial charge in [0.25, 0.3) is 11.8 Å². The Balaban J connectivity index is 1.31. The highest BCUT2D eigenvalue weighted by molar-refractivity contribution is 6.00. The first-order chi connectivity index (χ1) is 18.9. The number of nitrogens with zero attached hydrogens (tertiary/aromatic N) is 3. The van der Waals surface area contributed by atoms with Crippen LogP contribution in [-0.2, 0) is 16.0 Å². The van der Waals surface area contributed by atoms with E-state index in [2.05, 4.69) is 17.1 Å². The van der Waals surface area contributed by atoms with Gasteiger partial charge >= 0.3 is 0 Å². The van der Waals surface area contributed by atoms with Crippen molar-refractivity contribution in [2.45, 2.75) is 31.7 Å². The number of likely N-dealkylation sites (tertiary alicyclic amines) is 1. The van der Waals surface area contributed by atoms with Gasteiger partial charge < -0.3 is 24.8 Å². The van der Waals surface area contributed by atoms with Crippen LogP contribution in [0.2, 0.25) is 0 Å². The Labute approximate surface area is 229 Å². The van der Waals surface area contributed by atoms with E-state index in [1.807, 2.05) is 59.5 Å². The molecule has 8 nitrogen and oxygen atoms in total. The summed E-state index contributed by atoms with van der Waals surface area (Å²) in [7, 11) is 1.59. The number of hydrogen-bond donors (Lipinski definition) is 1. The minimum atomic E-state index is -0.801. The second-order valence-corrected chi connectivity index (χ2v) is 10.1. The lowest BCUT2D eigenvalue weighted by Crippen LogP contribution is -2.57. The third-order valence-electron chi connectivity index (χ3n) is 7.78. The third kappa shape index (κ3) is 5.32. The standard InChI is InChI=1S/C31H34N4O4/c1-3-23-9-11-24(12-10-23)29(37)33-19-17-31(18-20-33)30(38)34(22-35(31)26-7-5-4-6-8-26)21-28(36)32-25-13-15-27(39-2)16-14-25/h4-16H,3,17-22H2,1-2H3,(H,32,36). The molecule has 0 radical (unpaired) electrons. The highest BCUT2D eigenvalue weighted by Gasteiger charge is 2.54. The highest BCUT2D eigenvalue weighted by atomic mass is 16.5. The van der Waals surface area contributed by atoms with E-state index in [1.165, 1.54) is 5.56 Å². The molecule has 1 spiro atoms. The van der Waals surface area contributed by atoms with E-state index in [0.29, 0.717) is 49.6 Å². The largest absolute Gasteiger partial charge is 0.497 e. The second kappa shape index (κ2) is 11.2. The summed E-state index contributed by atoms with van der Waals surface area (Å²) in [5.41, 5.74) is 2.62. The lowest BCUT2D eigenvalue weighted by atomic mass is 9.85. The first kappa shape index (κ1) is 26.3. The molecule has 0 aromatic heterocycles. The van der Waals surface area contributed by atoms with E-state index in [9.17, 15) is 14.4 Å². The van der Waals surface area contributed by atoms with Crippen LogP contribution < -0.4 is 15.0 Å². The monoisotopic (exact) mass is 526 g/mol. The zero-order valence-corrected chi connectivity index (χ0v) is 22.4. The van der Waals surface area contributed by atoms with Gasteiger partial charge in [-0.25, -0.2) is 0 Å². The Hall–Kier alpha value is -4.33. The molecule has 0 aliphatic carbocycles. The fraction of sp³-hybridized carbons (Fsp3) is 0.323. The van der Waals surface area contributed by atoms with Crippen molar-refractivity contribution in [1.29, 1.82) is 0 Å². The van der Waals surface area contributed by atoms with Crippen LogP contribution in [0, 0.1) is 0 Å². The van der Waals surface area contributed by atoms with Crippen molar-refractivity contribution in [3.05, 3.63) is 90.0 Å². The Morgan fingerprint density at radius 1 is 0.923 bits per heavy atom. The molecule has 5 rings (SSSR count). The number of carbonyl (C=O) groups is 3. The lowest BCUT2D eigenvalue weighted by molar-refractivity contribution is -0.136. The normalized spacial score (nSPS) is 16.5. The molecule has 3 amide bonds. The Bertz CT molecular complexity index is 1320. The smallest absolute Gasteiger partial charge is 0.253 e. The summed E-state index contributed by atoms with van der Waals surface area (Å²) in [6.07, 6.45) is 1.92. The number of anilines is 2. The summed E-state index contributed by atoms with van der Waals surface area (Å²) < 4.78 is 5.17. The predicted octanol–water partition coefficient (Wildman–Crippen LogP) is 4.18. The molecule has 3 aromatic carbocycles. The maximum absolute atomic E-state index is 13.9. The first-order valence-corrected chi connectivity index (χ1v) is 13.4. The van der Waals surface area contributed by atoms with Crippen molar-refractivity contribution in [1.82, 2.24) is 9.80 Å².